The summed E-state index contributed by atoms with van der Waals surface area (Å²) >= 11 is 0. The Hall–Kier alpha value is -1.06. The summed E-state index contributed by atoms with van der Waals surface area (Å²) < 4.78 is 5.10. The fraction of sp³-hybridized carbons (Fsp3) is 0.647. The Morgan fingerprint density at radius 2 is 2.05 bits per heavy atom. The third-order valence-electron chi connectivity index (χ3n) is 3.48. The van der Waals surface area contributed by atoms with E-state index >= 15 is 0 Å². The van der Waals surface area contributed by atoms with Crippen LogP contribution in [-0.2, 0) is 11.3 Å². The number of aryl methyl sites for hydroxylation is 1. The Bertz CT molecular complexity index is 391. The van der Waals surface area contributed by atoms with E-state index in [-0.39, 0.29) is 0 Å². The SMILES string of the molecule is COCCCN(C)c1ccc(CNCC(C)C)c(C)c1. The fourth-order valence-electron chi connectivity index (χ4n) is 2.19. The topological polar surface area (TPSA) is 24.5 Å². The van der Waals surface area contributed by atoms with Crippen molar-refractivity contribution in [3.05, 3.63) is 29.3 Å². The monoisotopic (exact) mass is 278 g/mol. The molecule has 0 atom stereocenters. The molecule has 114 valence electrons. The molecular weight excluding hydrogens is 248 g/mol. The lowest BCUT2D eigenvalue weighted by Crippen LogP contribution is -2.21. The van der Waals surface area contributed by atoms with Gasteiger partial charge in [0.1, 0.15) is 0 Å². The third kappa shape index (κ3) is 5.93. The molecule has 0 radical (unpaired) electrons. The minimum absolute atomic E-state index is 0.696. The average molecular weight is 278 g/mol. The maximum atomic E-state index is 5.10. The van der Waals surface area contributed by atoms with Gasteiger partial charge in [-0.3, -0.25) is 0 Å². The van der Waals surface area contributed by atoms with Crippen LogP contribution < -0.4 is 10.2 Å². The van der Waals surface area contributed by atoms with Crippen LogP contribution >= 0.6 is 0 Å². The summed E-state index contributed by atoms with van der Waals surface area (Å²) in [7, 11) is 3.89. The van der Waals surface area contributed by atoms with Gasteiger partial charge in [0.05, 0.1) is 0 Å². The smallest absolute Gasteiger partial charge is 0.0479 e. The third-order valence-corrected chi connectivity index (χ3v) is 3.48. The lowest BCUT2D eigenvalue weighted by atomic mass is 10.1. The molecule has 0 saturated heterocycles. The maximum absolute atomic E-state index is 5.10. The van der Waals surface area contributed by atoms with E-state index in [2.05, 4.69) is 56.2 Å². The molecule has 20 heavy (non-hydrogen) atoms. The first-order valence-electron chi connectivity index (χ1n) is 7.55. The molecule has 3 heteroatoms. The Kier molecular flexibility index (Phi) is 7.63. The van der Waals surface area contributed by atoms with Gasteiger partial charge in [0.2, 0.25) is 0 Å². The van der Waals surface area contributed by atoms with Crippen molar-refractivity contribution in [1.82, 2.24) is 5.32 Å². The van der Waals surface area contributed by atoms with Crippen LogP contribution in [0.3, 0.4) is 0 Å². The number of methoxy groups -OCH3 is 1. The molecule has 1 N–H and O–H groups in total. The lowest BCUT2D eigenvalue weighted by molar-refractivity contribution is 0.196. The van der Waals surface area contributed by atoms with E-state index in [4.69, 9.17) is 4.74 Å². The van der Waals surface area contributed by atoms with Crippen molar-refractivity contribution in [2.45, 2.75) is 33.7 Å². The second-order valence-corrected chi connectivity index (χ2v) is 5.90. The van der Waals surface area contributed by atoms with Gasteiger partial charge < -0.3 is 15.0 Å². The van der Waals surface area contributed by atoms with Crippen LogP contribution in [0.5, 0.6) is 0 Å². The fourth-order valence-corrected chi connectivity index (χ4v) is 2.19. The summed E-state index contributed by atoms with van der Waals surface area (Å²) in [5.41, 5.74) is 4.03. The largest absolute Gasteiger partial charge is 0.385 e. The molecule has 3 nitrogen and oxygen atoms in total. The molecule has 0 heterocycles. The first-order valence-corrected chi connectivity index (χ1v) is 7.55. The molecule has 0 aliphatic heterocycles. The van der Waals surface area contributed by atoms with E-state index in [9.17, 15) is 0 Å². The quantitative estimate of drug-likeness (QED) is 0.702. The summed E-state index contributed by atoms with van der Waals surface area (Å²) in [5, 5.41) is 3.50. The van der Waals surface area contributed by atoms with Crippen LogP contribution in [0.4, 0.5) is 5.69 Å². The number of hydrogen-bond acceptors (Lipinski definition) is 3. The normalized spacial score (nSPS) is 11.1. The predicted octanol–water partition coefficient (Wildman–Crippen LogP) is 3.21. The highest BCUT2D eigenvalue weighted by molar-refractivity contribution is 5.50. The van der Waals surface area contributed by atoms with E-state index in [1.54, 1.807) is 7.11 Å². The summed E-state index contributed by atoms with van der Waals surface area (Å²) in [6, 6.07) is 6.73. The van der Waals surface area contributed by atoms with Crippen molar-refractivity contribution in [2.24, 2.45) is 5.92 Å². The van der Waals surface area contributed by atoms with Gasteiger partial charge in [0.15, 0.2) is 0 Å². The van der Waals surface area contributed by atoms with Gasteiger partial charge in [-0.2, -0.15) is 0 Å². The number of nitrogens with zero attached hydrogens (tertiary/aromatic N) is 1. The minimum atomic E-state index is 0.696. The highest BCUT2D eigenvalue weighted by Crippen LogP contribution is 2.18. The van der Waals surface area contributed by atoms with Gasteiger partial charge in [-0.25, -0.2) is 0 Å². The number of hydrogen-bond donors (Lipinski definition) is 1. The summed E-state index contributed by atoms with van der Waals surface area (Å²) in [5.74, 6) is 0.696. The summed E-state index contributed by atoms with van der Waals surface area (Å²) in [6.07, 6.45) is 1.06. The molecule has 0 saturated carbocycles. The van der Waals surface area contributed by atoms with Crippen LogP contribution in [-0.4, -0.2) is 33.9 Å². The molecule has 1 aromatic rings. The van der Waals surface area contributed by atoms with E-state index in [1.165, 1.54) is 16.8 Å². The minimum Gasteiger partial charge on any atom is -0.385 e. The maximum Gasteiger partial charge on any atom is 0.0479 e. The van der Waals surface area contributed by atoms with Crippen LogP contribution in [0.1, 0.15) is 31.4 Å². The zero-order valence-corrected chi connectivity index (χ0v) is 13.7. The summed E-state index contributed by atoms with van der Waals surface area (Å²) in [4.78, 5) is 2.29. The molecule has 0 amide bonds. The first kappa shape index (κ1) is 17.0. The van der Waals surface area contributed by atoms with Crippen LogP contribution in [0.25, 0.3) is 0 Å². The van der Waals surface area contributed by atoms with Crippen molar-refractivity contribution >= 4 is 5.69 Å². The van der Waals surface area contributed by atoms with Gasteiger partial charge in [-0.1, -0.05) is 19.9 Å². The Labute approximate surface area is 124 Å². The standard InChI is InChI=1S/C17H30N2O/c1-14(2)12-18-13-16-7-8-17(11-15(16)3)19(4)9-6-10-20-5/h7-8,11,14,18H,6,9-10,12-13H2,1-5H3. The zero-order chi connectivity index (χ0) is 15.0. The molecule has 0 spiro atoms. The second kappa shape index (κ2) is 8.98. The van der Waals surface area contributed by atoms with Crippen molar-refractivity contribution in [3.63, 3.8) is 0 Å². The second-order valence-electron chi connectivity index (χ2n) is 5.90. The van der Waals surface area contributed by atoms with Crippen LogP contribution in [0.15, 0.2) is 18.2 Å². The van der Waals surface area contributed by atoms with Crippen molar-refractivity contribution in [2.75, 3.05) is 38.8 Å². The molecule has 1 rings (SSSR count). The highest BCUT2D eigenvalue weighted by atomic mass is 16.5. The van der Waals surface area contributed by atoms with E-state index in [1.807, 2.05) is 0 Å². The number of nitrogens with one attached hydrogen (secondary N) is 1. The van der Waals surface area contributed by atoms with Crippen LogP contribution in [0.2, 0.25) is 0 Å². The van der Waals surface area contributed by atoms with Crippen molar-refractivity contribution in [3.8, 4) is 0 Å². The highest BCUT2D eigenvalue weighted by Gasteiger charge is 2.04. The predicted molar refractivity (Wildman–Crippen MR) is 87.5 cm³/mol. The van der Waals surface area contributed by atoms with Crippen molar-refractivity contribution < 1.29 is 4.74 Å². The van der Waals surface area contributed by atoms with Crippen molar-refractivity contribution in [1.29, 1.82) is 0 Å². The molecule has 0 aliphatic rings. The number of anilines is 1. The summed E-state index contributed by atoms with van der Waals surface area (Å²) in [6.45, 7) is 10.5. The molecule has 0 fully saturated rings. The Balaban J connectivity index is 2.53. The number of ether oxygens (including phenoxy) is 1. The van der Waals surface area contributed by atoms with Gasteiger partial charge in [-0.05, 0) is 49.1 Å². The van der Waals surface area contributed by atoms with Gasteiger partial charge in [0, 0.05) is 39.5 Å². The van der Waals surface area contributed by atoms with E-state index in [0.717, 1.165) is 32.7 Å². The number of benzene rings is 1. The number of rotatable bonds is 9. The van der Waals surface area contributed by atoms with Crippen LogP contribution in [0, 0.1) is 12.8 Å². The first-order chi connectivity index (χ1) is 9.54. The Morgan fingerprint density at radius 3 is 2.65 bits per heavy atom. The molecule has 1 aromatic carbocycles. The van der Waals surface area contributed by atoms with Gasteiger partial charge in [0.25, 0.3) is 0 Å². The molecular formula is C17H30N2O. The van der Waals surface area contributed by atoms with Gasteiger partial charge >= 0.3 is 0 Å². The molecule has 0 unspecified atom stereocenters. The van der Waals surface area contributed by atoms with E-state index in [0.29, 0.717) is 5.92 Å². The zero-order valence-electron chi connectivity index (χ0n) is 13.7. The lowest BCUT2D eigenvalue weighted by Gasteiger charge is -2.20. The molecule has 0 aliphatic carbocycles. The van der Waals surface area contributed by atoms with E-state index < -0.39 is 0 Å². The molecule has 0 aromatic heterocycles. The molecule has 0 bridgehead atoms. The Morgan fingerprint density at radius 1 is 1.30 bits per heavy atom. The van der Waals surface area contributed by atoms with Gasteiger partial charge in [-0.15, -0.1) is 0 Å². The average Bonchev–Trinajstić information content (AvgIpc) is 2.40.